The molecule has 2 aliphatic rings. The van der Waals surface area contributed by atoms with Crippen LogP contribution in [0.15, 0.2) is 0 Å². The molecule has 0 aromatic rings. The Morgan fingerprint density at radius 2 is 2.17 bits per heavy atom. The van der Waals surface area contributed by atoms with Crippen molar-refractivity contribution in [3.05, 3.63) is 0 Å². The highest BCUT2D eigenvalue weighted by atomic mass is 16.6. The lowest BCUT2D eigenvalue weighted by Crippen LogP contribution is -2.61. The number of carbonyl (C=O) groups is 1. The van der Waals surface area contributed by atoms with Crippen LogP contribution in [-0.2, 0) is 9.47 Å². The lowest BCUT2D eigenvalue weighted by atomic mass is 9.76. The molecule has 2 atom stereocenters. The van der Waals surface area contributed by atoms with E-state index in [0.717, 1.165) is 52.0 Å². The molecule has 23 heavy (non-hydrogen) atoms. The summed E-state index contributed by atoms with van der Waals surface area (Å²) in [7, 11) is 0. The van der Waals surface area contributed by atoms with Crippen LogP contribution in [0.25, 0.3) is 0 Å². The molecular formula is C17H33N3O3. The van der Waals surface area contributed by atoms with Gasteiger partial charge in [-0.15, -0.1) is 0 Å². The fraction of sp³-hybridized carbons (Fsp3) is 0.941. The largest absolute Gasteiger partial charge is 0.444 e. The maximum atomic E-state index is 12.0. The smallest absolute Gasteiger partial charge is 0.408 e. The first-order chi connectivity index (χ1) is 10.8. The molecule has 0 aromatic heterocycles. The van der Waals surface area contributed by atoms with E-state index in [1.54, 1.807) is 0 Å². The predicted octanol–water partition coefficient (Wildman–Crippen LogP) is 1.79. The molecule has 134 valence electrons. The van der Waals surface area contributed by atoms with E-state index in [0.29, 0.717) is 12.1 Å². The molecule has 6 nitrogen and oxygen atoms in total. The number of amides is 1. The number of carbonyl (C=O) groups excluding carboxylic acids is 1. The predicted molar refractivity (Wildman–Crippen MR) is 90.6 cm³/mol. The standard InChI is InChI=1S/C17H33N3O3/c1-13(10-14-11-22-9-8-18-14)19-12-17(6-5-7-17)20-15(21)23-16(2,3)4/h13-14,18-19H,5-12H2,1-4H3,(H,20,21). The van der Waals surface area contributed by atoms with Crippen LogP contribution in [0.5, 0.6) is 0 Å². The normalized spacial score (nSPS) is 25.3. The van der Waals surface area contributed by atoms with E-state index in [1.165, 1.54) is 0 Å². The van der Waals surface area contributed by atoms with Gasteiger partial charge in [0.2, 0.25) is 0 Å². The summed E-state index contributed by atoms with van der Waals surface area (Å²) < 4.78 is 10.9. The maximum absolute atomic E-state index is 12.0. The van der Waals surface area contributed by atoms with Gasteiger partial charge in [-0.1, -0.05) is 0 Å². The van der Waals surface area contributed by atoms with Crippen molar-refractivity contribution in [1.82, 2.24) is 16.0 Å². The van der Waals surface area contributed by atoms with E-state index >= 15 is 0 Å². The number of morpholine rings is 1. The molecule has 0 spiro atoms. The van der Waals surface area contributed by atoms with Crippen molar-refractivity contribution in [2.24, 2.45) is 0 Å². The van der Waals surface area contributed by atoms with Crippen LogP contribution in [0.1, 0.15) is 53.4 Å². The molecule has 1 aliphatic heterocycles. The number of alkyl carbamates (subject to hydrolysis) is 1. The molecule has 1 saturated heterocycles. The van der Waals surface area contributed by atoms with Crippen molar-refractivity contribution in [2.45, 2.75) is 76.6 Å². The van der Waals surface area contributed by atoms with Gasteiger partial charge in [0.25, 0.3) is 0 Å². The van der Waals surface area contributed by atoms with Crippen LogP contribution in [-0.4, -0.2) is 55.6 Å². The molecule has 1 saturated carbocycles. The van der Waals surface area contributed by atoms with Gasteiger partial charge in [-0.3, -0.25) is 0 Å². The second kappa shape index (κ2) is 7.81. The Balaban J connectivity index is 1.73. The monoisotopic (exact) mass is 327 g/mol. The first-order valence-corrected chi connectivity index (χ1v) is 8.84. The third-order valence-electron chi connectivity index (χ3n) is 4.50. The Labute approximate surface area is 140 Å². The zero-order valence-corrected chi connectivity index (χ0v) is 15.0. The zero-order valence-electron chi connectivity index (χ0n) is 15.0. The van der Waals surface area contributed by atoms with Gasteiger partial charge in [-0.25, -0.2) is 4.79 Å². The molecule has 0 bridgehead atoms. The second-order valence-corrected chi connectivity index (χ2v) is 8.00. The fourth-order valence-electron chi connectivity index (χ4n) is 3.12. The Hall–Kier alpha value is -0.850. The maximum Gasteiger partial charge on any atom is 0.408 e. The van der Waals surface area contributed by atoms with Crippen molar-refractivity contribution in [1.29, 1.82) is 0 Å². The number of ether oxygens (including phenoxy) is 2. The first kappa shape index (κ1) is 18.5. The molecule has 2 rings (SSSR count). The molecule has 0 radical (unpaired) electrons. The fourth-order valence-corrected chi connectivity index (χ4v) is 3.12. The summed E-state index contributed by atoms with van der Waals surface area (Å²) in [5, 5.41) is 10.1. The second-order valence-electron chi connectivity index (χ2n) is 8.00. The molecule has 3 N–H and O–H groups in total. The number of hydrogen-bond donors (Lipinski definition) is 3. The highest BCUT2D eigenvalue weighted by Crippen LogP contribution is 2.31. The van der Waals surface area contributed by atoms with Crippen LogP contribution in [0, 0.1) is 0 Å². The summed E-state index contributed by atoms with van der Waals surface area (Å²) in [6, 6.07) is 0.800. The van der Waals surface area contributed by atoms with E-state index in [-0.39, 0.29) is 11.6 Å². The van der Waals surface area contributed by atoms with Crippen molar-refractivity contribution < 1.29 is 14.3 Å². The minimum Gasteiger partial charge on any atom is -0.444 e. The van der Waals surface area contributed by atoms with Gasteiger partial charge in [0.05, 0.1) is 18.8 Å². The summed E-state index contributed by atoms with van der Waals surface area (Å²) in [5.74, 6) is 0. The van der Waals surface area contributed by atoms with Gasteiger partial charge >= 0.3 is 6.09 Å². The minimum absolute atomic E-state index is 0.146. The van der Waals surface area contributed by atoms with Crippen molar-refractivity contribution in [2.75, 3.05) is 26.3 Å². The van der Waals surface area contributed by atoms with Crippen molar-refractivity contribution in [3.8, 4) is 0 Å². The summed E-state index contributed by atoms with van der Waals surface area (Å²) in [5.41, 5.74) is -0.602. The van der Waals surface area contributed by atoms with Gasteiger partial charge in [0.1, 0.15) is 5.60 Å². The number of nitrogens with one attached hydrogen (secondary N) is 3. The van der Waals surface area contributed by atoms with Crippen molar-refractivity contribution in [3.63, 3.8) is 0 Å². The van der Waals surface area contributed by atoms with Crippen LogP contribution < -0.4 is 16.0 Å². The third kappa shape index (κ3) is 6.28. The summed E-state index contributed by atoms with van der Waals surface area (Å²) in [4.78, 5) is 12.0. The first-order valence-electron chi connectivity index (χ1n) is 8.84. The SMILES string of the molecule is CC(CC1COCCN1)NCC1(NC(=O)OC(C)(C)C)CCC1. The molecule has 2 unspecified atom stereocenters. The van der Waals surface area contributed by atoms with Crippen molar-refractivity contribution >= 4 is 6.09 Å². The van der Waals surface area contributed by atoms with Crippen LogP contribution in [0.2, 0.25) is 0 Å². The number of hydrogen-bond acceptors (Lipinski definition) is 5. The Kier molecular flexibility index (Phi) is 6.28. The average molecular weight is 327 g/mol. The van der Waals surface area contributed by atoms with E-state index in [1.807, 2.05) is 20.8 Å². The van der Waals surface area contributed by atoms with Crippen LogP contribution in [0.3, 0.4) is 0 Å². The van der Waals surface area contributed by atoms with Crippen LogP contribution in [0.4, 0.5) is 4.79 Å². The topological polar surface area (TPSA) is 71.6 Å². The molecular weight excluding hydrogens is 294 g/mol. The number of rotatable bonds is 6. The van der Waals surface area contributed by atoms with E-state index in [4.69, 9.17) is 9.47 Å². The highest BCUT2D eigenvalue weighted by molar-refractivity contribution is 5.69. The lowest BCUT2D eigenvalue weighted by molar-refractivity contribution is 0.0375. The minimum atomic E-state index is -0.456. The molecule has 2 fully saturated rings. The summed E-state index contributed by atoms with van der Waals surface area (Å²) in [6.07, 6.45) is 3.90. The summed E-state index contributed by atoms with van der Waals surface area (Å²) in [6.45, 7) is 11.2. The molecule has 1 amide bonds. The lowest BCUT2D eigenvalue weighted by Gasteiger charge is -2.43. The van der Waals surface area contributed by atoms with Gasteiger partial charge in [0, 0.05) is 25.2 Å². The van der Waals surface area contributed by atoms with E-state index < -0.39 is 5.60 Å². The quantitative estimate of drug-likeness (QED) is 0.694. The van der Waals surface area contributed by atoms with Gasteiger partial charge in [-0.2, -0.15) is 0 Å². The van der Waals surface area contributed by atoms with Gasteiger partial charge in [-0.05, 0) is 53.4 Å². The highest BCUT2D eigenvalue weighted by Gasteiger charge is 2.39. The van der Waals surface area contributed by atoms with Crippen LogP contribution >= 0.6 is 0 Å². The van der Waals surface area contributed by atoms with Gasteiger partial charge in [0.15, 0.2) is 0 Å². The zero-order chi connectivity index (χ0) is 16.9. The summed E-state index contributed by atoms with van der Waals surface area (Å²) >= 11 is 0. The Morgan fingerprint density at radius 1 is 1.43 bits per heavy atom. The average Bonchev–Trinajstić information content (AvgIpc) is 2.40. The van der Waals surface area contributed by atoms with E-state index in [2.05, 4.69) is 22.9 Å². The Morgan fingerprint density at radius 3 is 2.70 bits per heavy atom. The molecule has 1 aliphatic carbocycles. The molecule has 1 heterocycles. The van der Waals surface area contributed by atoms with Gasteiger partial charge < -0.3 is 25.4 Å². The van der Waals surface area contributed by atoms with E-state index in [9.17, 15) is 4.79 Å². The third-order valence-corrected chi connectivity index (χ3v) is 4.50. The molecule has 6 heteroatoms. The molecule has 0 aromatic carbocycles. The Bertz CT molecular complexity index is 385.